The predicted octanol–water partition coefficient (Wildman–Crippen LogP) is 2.66. The van der Waals surface area contributed by atoms with Crippen LogP contribution in [0.15, 0.2) is 42.7 Å². The summed E-state index contributed by atoms with van der Waals surface area (Å²) < 4.78 is 11.1. The number of pyridine rings is 1. The van der Waals surface area contributed by atoms with E-state index in [4.69, 9.17) is 9.47 Å². The van der Waals surface area contributed by atoms with Gasteiger partial charge in [-0.25, -0.2) is 0 Å². The normalized spacial score (nSPS) is 14.1. The van der Waals surface area contributed by atoms with Crippen LogP contribution in [0.5, 0.6) is 11.5 Å². The van der Waals surface area contributed by atoms with E-state index >= 15 is 0 Å². The van der Waals surface area contributed by atoms with Gasteiger partial charge in [-0.05, 0) is 42.7 Å². The fourth-order valence-corrected chi connectivity index (χ4v) is 2.53. The molecule has 1 atom stereocenters. The van der Waals surface area contributed by atoms with Crippen LogP contribution in [0, 0.1) is 0 Å². The van der Waals surface area contributed by atoms with Crippen LogP contribution in [0.2, 0.25) is 0 Å². The monoisotopic (exact) mass is 312 g/mol. The Morgan fingerprint density at radius 1 is 1.26 bits per heavy atom. The topological polar surface area (TPSA) is 60.5 Å². The van der Waals surface area contributed by atoms with Crippen molar-refractivity contribution in [3.05, 3.63) is 53.9 Å². The van der Waals surface area contributed by atoms with Gasteiger partial charge in [-0.2, -0.15) is 0 Å². The number of nitrogens with one attached hydrogen (secondary N) is 1. The Bertz CT molecular complexity index is 673. The molecule has 0 aliphatic carbocycles. The van der Waals surface area contributed by atoms with Crippen molar-refractivity contribution in [1.29, 1.82) is 0 Å². The number of aromatic nitrogens is 1. The molecule has 0 spiro atoms. The molecule has 120 valence electrons. The van der Waals surface area contributed by atoms with E-state index in [1.165, 1.54) is 0 Å². The quantitative estimate of drug-likeness (QED) is 0.922. The van der Waals surface area contributed by atoms with Crippen molar-refractivity contribution in [2.75, 3.05) is 13.2 Å². The molecule has 0 saturated heterocycles. The Kier molecular flexibility index (Phi) is 4.76. The zero-order valence-corrected chi connectivity index (χ0v) is 13.1. The molecule has 1 amide bonds. The minimum Gasteiger partial charge on any atom is -0.486 e. The van der Waals surface area contributed by atoms with Gasteiger partial charge in [0.25, 0.3) is 0 Å². The van der Waals surface area contributed by atoms with Gasteiger partial charge in [0, 0.05) is 18.8 Å². The summed E-state index contributed by atoms with van der Waals surface area (Å²) in [7, 11) is 0. The van der Waals surface area contributed by atoms with Gasteiger partial charge in [-0.3, -0.25) is 9.78 Å². The van der Waals surface area contributed by atoms with Gasteiger partial charge in [-0.15, -0.1) is 0 Å². The van der Waals surface area contributed by atoms with E-state index in [2.05, 4.69) is 10.3 Å². The number of fused-ring (bicyclic) bond motifs is 1. The molecular formula is C18H20N2O3. The minimum atomic E-state index is -0.0766. The Morgan fingerprint density at radius 2 is 2.09 bits per heavy atom. The largest absolute Gasteiger partial charge is 0.486 e. The van der Waals surface area contributed by atoms with Gasteiger partial charge < -0.3 is 14.8 Å². The van der Waals surface area contributed by atoms with Crippen LogP contribution in [0.25, 0.3) is 0 Å². The highest BCUT2D eigenvalue weighted by atomic mass is 16.6. The minimum absolute atomic E-state index is 0.0243. The van der Waals surface area contributed by atoms with E-state index in [-0.39, 0.29) is 11.9 Å². The fraction of sp³-hybridized carbons (Fsp3) is 0.333. The molecule has 23 heavy (non-hydrogen) atoms. The highest BCUT2D eigenvalue weighted by Crippen LogP contribution is 2.32. The number of rotatable bonds is 5. The van der Waals surface area contributed by atoms with E-state index in [0.29, 0.717) is 26.1 Å². The third-order valence-electron chi connectivity index (χ3n) is 3.81. The van der Waals surface area contributed by atoms with E-state index in [1.54, 1.807) is 12.4 Å². The molecule has 2 aromatic rings. The summed E-state index contributed by atoms with van der Waals surface area (Å²) >= 11 is 0. The summed E-state index contributed by atoms with van der Waals surface area (Å²) in [6.07, 6.45) is 4.65. The van der Waals surface area contributed by atoms with Gasteiger partial charge in [-0.1, -0.05) is 12.1 Å². The zero-order chi connectivity index (χ0) is 16.1. The lowest BCUT2D eigenvalue weighted by molar-refractivity contribution is -0.121. The molecule has 1 N–H and O–H groups in total. The van der Waals surface area contributed by atoms with Crippen LogP contribution in [0.3, 0.4) is 0 Å². The average Bonchev–Trinajstić information content (AvgIpc) is 2.60. The molecule has 3 rings (SSSR count). The number of aryl methyl sites for hydroxylation is 1. The summed E-state index contributed by atoms with van der Waals surface area (Å²) in [5.74, 6) is 1.52. The number of carbonyl (C=O) groups excluding carboxylic acids is 1. The first-order valence-electron chi connectivity index (χ1n) is 7.80. The lowest BCUT2D eigenvalue weighted by Crippen LogP contribution is -2.27. The second-order valence-corrected chi connectivity index (χ2v) is 5.55. The number of hydrogen-bond acceptors (Lipinski definition) is 4. The maximum Gasteiger partial charge on any atom is 0.220 e. The first-order valence-corrected chi connectivity index (χ1v) is 7.80. The Labute approximate surface area is 135 Å². The zero-order valence-electron chi connectivity index (χ0n) is 13.1. The van der Waals surface area contributed by atoms with Crippen molar-refractivity contribution in [2.24, 2.45) is 0 Å². The standard InChI is InChI=1S/C18H20N2O3/c1-13(15-5-6-16-17(11-15)23-10-9-22-16)20-18(21)7-4-14-3-2-8-19-12-14/h2-3,5-6,8,11-13H,4,7,9-10H2,1H3,(H,20,21). The summed E-state index contributed by atoms with van der Waals surface area (Å²) in [6, 6.07) is 9.56. The van der Waals surface area contributed by atoms with Crippen molar-refractivity contribution in [3.63, 3.8) is 0 Å². The highest BCUT2D eigenvalue weighted by molar-refractivity contribution is 5.76. The molecule has 0 fully saturated rings. The fourth-order valence-electron chi connectivity index (χ4n) is 2.53. The molecule has 0 bridgehead atoms. The third kappa shape index (κ3) is 4.00. The van der Waals surface area contributed by atoms with Crippen LogP contribution >= 0.6 is 0 Å². The molecular weight excluding hydrogens is 292 g/mol. The van der Waals surface area contributed by atoms with Crippen LogP contribution in [-0.2, 0) is 11.2 Å². The van der Waals surface area contributed by atoms with Crippen molar-refractivity contribution in [1.82, 2.24) is 10.3 Å². The van der Waals surface area contributed by atoms with Crippen LogP contribution in [0.1, 0.15) is 30.5 Å². The lowest BCUT2D eigenvalue weighted by Gasteiger charge is -2.21. The molecule has 5 heteroatoms. The van der Waals surface area contributed by atoms with E-state index in [0.717, 1.165) is 22.6 Å². The Balaban J connectivity index is 1.56. The maximum atomic E-state index is 12.1. The molecule has 5 nitrogen and oxygen atoms in total. The lowest BCUT2D eigenvalue weighted by atomic mass is 10.1. The predicted molar refractivity (Wildman–Crippen MR) is 86.5 cm³/mol. The van der Waals surface area contributed by atoms with Gasteiger partial charge >= 0.3 is 0 Å². The van der Waals surface area contributed by atoms with Crippen molar-refractivity contribution in [3.8, 4) is 11.5 Å². The molecule has 0 radical (unpaired) electrons. The third-order valence-corrected chi connectivity index (χ3v) is 3.81. The molecule has 0 saturated carbocycles. The molecule has 1 aliphatic rings. The Morgan fingerprint density at radius 3 is 2.87 bits per heavy atom. The number of benzene rings is 1. The molecule has 1 aromatic carbocycles. The summed E-state index contributed by atoms with van der Waals surface area (Å²) in [4.78, 5) is 16.2. The summed E-state index contributed by atoms with van der Waals surface area (Å²) in [5.41, 5.74) is 2.07. The van der Waals surface area contributed by atoms with Crippen molar-refractivity contribution < 1.29 is 14.3 Å². The average molecular weight is 312 g/mol. The second-order valence-electron chi connectivity index (χ2n) is 5.55. The molecule has 1 aromatic heterocycles. The number of ether oxygens (including phenoxy) is 2. The summed E-state index contributed by atoms with van der Waals surface area (Å²) in [5, 5.41) is 3.02. The molecule has 1 unspecified atom stereocenters. The molecule has 1 aliphatic heterocycles. The Hall–Kier alpha value is -2.56. The van der Waals surface area contributed by atoms with Gasteiger partial charge in [0.2, 0.25) is 5.91 Å². The SMILES string of the molecule is CC(NC(=O)CCc1cccnc1)c1ccc2c(c1)OCCO2. The maximum absolute atomic E-state index is 12.1. The van der Waals surface area contributed by atoms with Crippen molar-refractivity contribution in [2.45, 2.75) is 25.8 Å². The first-order chi connectivity index (χ1) is 11.2. The first kappa shape index (κ1) is 15.3. The van der Waals surface area contributed by atoms with E-state index in [1.807, 2.05) is 37.3 Å². The van der Waals surface area contributed by atoms with Crippen molar-refractivity contribution >= 4 is 5.91 Å². The van der Waals surface area contributed by atoms with Gasteiger partial charge in [0.1, 0.15) is 13.2 Å². The molecule has 2 heterocycles. The van der Waals surface area contributed by atoms with Crippen LogP contribution in [-0.4, -0.2) is 24.1 Å². The van der Waals surface area contributed by atoms with Gasteiger partial charge in [0.05, 0.1) is 6.04 Å². The smallest absolute Gasteiger partial charge is 0.220 e. The van der Waals surface area contributed by atoms with E-state index < -0.39 is 0 Å². The van der Waals surface area contributed by atoms with E-state index in [9.17, 15) is 4.79 Å². The number of amides is 1. The van der Waals surface area contributed by atoms with Gasteiger partial charge in [0.15, 0.2) is 11.5 Å². The van der Waals surface area contributed by atoms with Crippen LogP contribution < -0.4 is 14.8 Å². The number of carbonyl (C=O) groups is 1. The highest BCUT2D eigenvalue weighted by Gasteiger charge is 2.15. The number of hydrogen-bond donors (Lipinski definition) is 1. The second kappa shape index (κ2) is 7.13. The number of nitrogens with zero attached hydrogens (tertiary/aromatic N) is 1. The summed E-state index contributed by atoms with van der Waals surface area (Å²) in [6.45, 7) is 3.10. The van der Waals surface area contributed by atoms with Crippen LogP contribution in [0.4, 0.5) is 0 Å².